The lowest BCUT2D eigenvalue weighted by molar-refractivity contribution is -0.143. The Labute approximate surface area is 174 Å². The predicted octanol–water partition coefficient (Wildman–Crippen LogP) is 4.58. The molecular weight excluding hydrogens is 360 g/mol. The van der Waals surface area contributed by atoms with Crippen molar-refractivity contribution in [2.24, 2.45) is 5.41 Å². The number of hydrogen-bond acceptors (Lipinski definition) is 3. The Morgan fingerprint density at radius 3 is 2.21 bits per heavy atom. The molecule has 0 radical (unpaired) electrons. The van der Waals surface area contributed by atoms with E-state index in [1.807, 2.05) is 25.1 Å². The number of nitrogens with zero attached hydrogens (tertiary/aromatic N) is 2. The maximum atomic E-state index is 12.4. The zero-order chi connectivity index (χ0) is 20.6. The van der Waals surface area contributed by atoms with Crippen LogP contribution in [-0.4, -0.2) is 48.2 Å². The Hall–Kier alpha value is -2.33. The van der Waals surface area contributed by atoms with Crippen LogP contribution in [0.5, 0.6) is 0 Å². The quantitative estimate of drug-likeness (QED) is 0.782. The van der Waals surface area contributed by atoms with Gasteiger partial charge >= 0.3 is 5.97 Å². The van der Waals surface area contributed by atoms with Crippen molar-refractivity contribution >= 4 is 11.7 Å². The highest BCUT2D eigenvalue weighted by Crippen LogP contribution is 2.72. The number of anilines is 1. The van der Waals surface area contributed by atoms with Crippen molar-refractivity contribution in [1.82, 2.24) is 4.90 Å². The van der Waals surface area contributed by atoms with E-state index < -0.39 is 11.4 Å². The van der Waals surface area contributed by atoms with E-state index in [0.29, 0.717) is 12.5 Å². The van der Waals surface area contributed by atoms with Crippen molar-refractivity contribution in [3.8, 4) is 0 Å². The van der Waals surface area contributed by atoms with Crippen molar-refractivity contribution in [3.05, 3.63) is 65.7 Å². The summed E-state index contributed by atoms with van der Waals surface area (Å²) in [6.45, 7) is 10.7. The van der Waals surface area contributed by atoms with E-state index >= 15 is 0 Å². The minimum atomic E-state index is -0.698. The van der Waals surface area contributed by atoms with Gasteiger partial charge in [-0.15, -0.1) is 0 Å². The first-order valence-electron chi connectivity index (χ1n) is 10.9. The number of benzene rings is 2. The molecule has 1 saturated heterocycles. The first kappa shape index (κ1) is 20.0. The van der Waals surface area contributed by atoms with Gasteiger partial charge in [0, 0.05) is 49.7 Å². The van der Waals surface area contributed by atoms with Gasteiger partial charge in [-0.05, 0) is 43.5 Å². The molecular formula is C25H32N2O2. The largest absolute Gasteiger partial charge is 0.481 e. The van der Waals surface area contributed by atoms with Crippen LogP contribution >= 0.6 is 0 Å². The van der Waals surface area contributed by atoms with Gasteiger partial charge in [0.15, 0.2) is 0 Å². The number of piperazine rings is 1. The van der Waals surface area contributed by atoms with E-state index in [1.54, 1.807) is 0 Å². The summed E-state index contributed by atoms with van der Waals surface area (Å²) in [6, 6.07) is 19.4. The van der Waals surface area contributed by atoms with Gasteiger partial charge in [-0.2, -0.15) is 0 Å². The summed E-state index contributed by atoms with van der Waals surface area (Å²) >= 11 is 0. The van der Waals surface area contributed by atoms with Crippen molar-refractivity contribution in [2.45, 2.75) is 45.1 Å². The molecule has 0 aromatic heterocycles. The first-order valence-corrected chi connectivity index (χ1v) is 10.9. The van der Waals surface area contributed by atoms with E-state index in [1.165, 1.54) is 5.69 Å². The highest BCUT2D eigenvalue weighted by atomic mass is 16.4. The molecule has 2 aliphatic rings. The maximum Gasteiger partial charge on any atom is 0.310 e. The molecule has 1 aliphatic heterocycles. The average Bonchev–Trinajstić information content (AvgIpc) is 3.45. The highest BCUT2D eigenvalue weighted by Gasteiger charge is 2.69. The first-order chi connectivity index (χ1) is 14.0. The predicted molar refractivity (Wildman–Crippen MR) is 118 cm³/mol. The SMILES string of the molecule is CCC1(C(=O)O)C(c2ccccc2)C1c1cccc(N2CCN(C(C)C)CC2)c1. The van der Waals surface area contributed by atoms with Crippen LogP contribution in [0.15, 0.2) is 54.6 Å². The molecule has 29 heavy (non-hydrogen) atoms. The maximum absolute atomic E-state index is 12.4. The summed E-state index contributed by atoms with van der Waals surface area (Å²) in [5, 5.41) is 10.2. The zero-order valence-electron chi connectivity index (χ0n) is 17.7. The third kappa shape index (κ3) is 3.44. The molecule has 4 rings (SSSR count). The Balaban J connectivity index is 1.61. The average molecular weight is 393 g/mol. The Kier molecular flexibility index (Phi) is 5.39. The molecule has 2 aromatic carbocycles. The van der Waals surface area contributed by atoms with Crippen LogP contribution in [0.4, 0.5) is 5.69 Å². The summed E-state index contributed by atoms with van der Waals surface area (Å²) in [5.74, 6) is -0.599. The molecule has 1 N–H and O–H groups in total. The standard InChI is InChI=1S/C25H32N2O2/c1-4-25(24(28)29)22(19-9-6-5-7-10-19)23(25)20-11-8-12-21(17-20)27-15-13-26(14-16-27)18(2)3/h5-12,17-18,22-23H,4,13-16H2,1-3H3,(H,28,29). The molecule has 4 heteroatoms. The third-order valence-electron chi connectivity index (χ3n) is 7.12. The molecule has 3 unspecified atom stereocenters. The van der Waals surface area contributed by atoms with Gasteiger partial charge < -0.3 is 10.0 Å². The number of aliphatic carboxylic acids is 1. The molecule has 3 atom stereocenters. The molecule has 0 spiro atoms. The molecule has 0 bridgehead atoms. The summed E-state index contributed by atoms with van der Waals surface area (Å²) < 4.78 is 0. The van der Waals surface area contributed by atoms with Gasteiger partial charge in [0.2, 0.25) is 0 Å². The molecule has 0 amide bonds. The van der Waals surface area contributed by atoms with Crippen LogP contribution in [0.3, 0.4) is 0 Å². The molecule has 154 valence electrons. The lowest BCUT2D eigenvalue weighted by atomic mass is 9.94. The summed E-state index contributed by atoms with van der Waals surface area (Å²) in [6.07, 6.45) is 0.643. The van der Waals surface area contributed by atoms with Crippen molar-refractivity contribution in [3.63, 3.8) is 0 Å². The Bertz CT molecular complexity index is 858. The second-order valence-electron chi connectivity index (χ2n) is 8.78. The highest BCUT2D eigenvalue weighted by molar-refractivity contribution is 5.84. The lowest BCUT2D eigenvalue weighted by Crippen LogP contribution is -2.48. The van der Waals surface area contributed by atoms with Crippen LogP contribution in [-0.2, 0) is 4.79 Å². The van der Waals surface area contributed by atoms with Crippen molar-refractivity contribution < 1.29 is 9.90 Å². The molecule has 2 aromatic rings. The number of hydrogen-bond donors (Lipinski definition) is 1. The van der Waals surface area contributed by atoms with E-state index in [-0.39, 0.29) is 11.8 Å². The number of carboxylic acid groups (broad SMARTS) is 1. The van der Waals surface area contributed by atoms with Gasteiger partial charge in [-0.1, -0.05) is 49.4 Å². The van der Waals surface area contributed by atoms with Gasteiger partial charge in [0.1, 0.15) is 0 Å². The molecule has 1 heterocycles. The fourth-order valence-corrected chi connectivity index (χ4v) is 5.35. The fraction of sp³-hybridized carbons (Fsp3) is 0.480. The van der Waals surface area contributed by atoms with Gasteiger partial charge in [-0.25, -0.2) is 0 Å². The van der Waals surface area contributed by atoms with Crippen LogP contribution in [0, 0.1) is 5.41 Å². The Morgan fingerprint density at radius 2 is 1.62 bits per heavy atom. The molecule has 2 fully saturated rings. The van der Waals surface area contributed by atoms with Crippen LogP contribution < -0.4 is 4.90 Å². The molecule has 1 aliphatic carbocycles. The minimum absolute atomic E-state index is 0.0318. The number of carbonyl (C=O) groups is 1. The topological polar surface area (TPSA) is 43.8 Å². The van der Waals surface area contributed by atoms with Crippen molar-refractivity contribution in [1.29, 1.82) is 0 Å². The summed E-state index contributed by atoms with van der Waals surface area (Å²) in [7, 11) is 0. The lowest BCUT2D eigenvalue weighted by Gasteiger charge is -2.38. The van der Waals surface area contributed by atoms with Crippen molar-refractivity contribution in [2.75, 3.05) is 31.1 Å². The van der Waals surface area contributed by atoms with Crippen LogP contribution in [0.1, 0.15) is 50.2 Å². The van der Waals surface area contributed by atoms with Gasteiger partial charge in [-0.3, -0.25) is 9.69 Å². The van der Waals surface area contributed by atoms with Gasteiger partial charge in [0.25, 0.3) is 0 Å². The smallest absolute Gasteiger partial charge is 0.310 e. The minimum Gasteiger partial charge on any atom is -0.481 e. The van der Waals surface area contributed by atoms with Crippen LogP contribution in [0.2, 0.25) is 0 Å². The molecule has 1 saturated carbocycles. The van der Waals surface area contributed by atoms with E-state index in [0.717, 1.165) is 37.3 Å². The summed E-state index contributed by atoms with van der Waals surface area (Å²) in [5.41, 5.74) is 2.82. The van der Waals surface area contributed by atoms with E-state index in [2.05, 4.69) is 60.0 Å². The zero-order valence-corrected chi connectivity index (χ0v) is 17.7. The van der Waals surface area contributed by atoms with Crippen LogP contribution in [0.25, 0.3) is 0 Å². The van der Waals surface area contributed by atoms with E-state index in [4.69, 9.17) is 0 Å². The number of rotatable bonds is 6. The number of carboxylic acids is 1. The Morgan fingerprint density at radius 1 is 1.00 bits per heavy atom. The second-order valence-corrected chi connectivity index (χ2v) is 8.78. The molecule has 4 nitrogen and oxygen atoms in total. The fourth-order valence-electron chi connectivity index (χ4n) is 5.35. The third-order valence-corrected chi connectivity index (χ3v) is 7.12. The second kappa shape index (κ2) is 7.83. The summed E-state index contributed by atoms with van der Waals surface area (Å²) in [4.78, 5) is 17.3. The normalized spacial score (nSPS) is 27.2. The van der Waals surface area contributed by atoms with E-state index in [9.17, 15) is 9.90 Å². The monoisotopic (exact) mass is 392 g/mol. The van der Waals surface area contributed by atoms with Gasteiger partial charge in [0.05, 0.1) is 5.41 Å².